The molecule has 2 aliphatic rings. The molecule has 8 heteroatoms. The van der Waals surface area contributed by atoms with E-state index in [1.807, 2.05) is 13.0 Å². The number of fused-ring (bicyclic) bond motifs is 1. The van der Waals surface area contributed by atoms with Crippen LogP contribution in [0.2, 0.25) is 0 Å². The van der Waals surface area contributed by atoms with Crippen molar-refractivity contribution in [1.29, 1.82) is 0 Å². The molecule has 4 rings (SSSR count). The van der Waals surface area contributed by atoms with E-state index in [4.69, 9.17) is 9.94 Å². The zero-order chi connectivity index (χ0) is 20.6. The van der Waals surface area contributed by atoms with Crippen LogP contribution in [0.4, 0.5) is 0 Å². The van der Waals surface area contributed by atoms with E-state index in [-0.39, 0.29) is 18.2 Å². The lowest BCUT2D eigenvalue weighted by Crippen LogP contribution is -2.48. The fourth-order valence-electron chi connectivity index (χ4n) is 4.29. The zero-order valence-electron chi connectivity index (χ0n) is 17.0. The highest BCUT2D eigenvalue weighted by Crippen LogP contribution is 2.35. The molecular weight excluding hydrogens is 370 g/mol. The molecule has 0 radical (unpaired) electrons. The van der Waals surface area contributed by atoms with Crippen molar-refractivity contribution < 1.29 is 14.4 Å². The summed E-state index contributed by atoms with van der Waals surface area (Å²) in [6, 6.07) is 6.55. The number of carbonyl (C=O) groups is 2. The van der Waals surface area contributed by atoms with Gasteiger partial charge in [-0.3, -0.25) is 24.6 Å². The van der Waals surface area contributed by atoms with Crippen LogP contribution in [0.3, 0.4) is 0 Å². The number of hydrogen-bond donors (Lipinski definition) is 3. The maximum absolute atomic E-state index is 12.5. The largest absolute Gasteiger partial charge is 0.359 e. The summed E-state index contributed by atoms with van der Waals surface area (Å²) in [7, 11) is 3.06. The second-order valence-corrected chi connectivity index (χ2v) is 7.78. The van der Waals surface area contributed by atoms with Crippen molar-refractivity contribution in [2.45, 2.75) is 50.7 Å². The van der Waals surface area contributed by atoms with Crippen molar-refractivity contribution >= 4 is 28.4 Å². The highest BCUT2D eigenvalue weighted by molar-refractivity contribution is 5.96. The molecule has 1 aliphatic carbocycles. The zero-order valence-corrected chi connectivity index (χ0v) is 17.0. The number of rotatable bonds is 5. The van der Waals surface area contributed by atoms with Crippen molar-refractivity contribution in [1.82, 2.24) is 25.9 Å². The lowest BCUT2D eigenvalue weighted by Gasteiger charge is -2.22. The van der Waals surface area contributed by atoms with E-state index in [1.54, 1.807) is 6.08 Å². The number of hydrogen-bond acceptors (Lipinski definition) is 5. The van der Waals surface area contributed by atoms with Crippen molar-refractivity contribution in [3.8, 4) is 0 Å². The van der Waals surface area contributed by atoms with E-state index >= 15 is 0 Å². The van der Waals surface area contributed by atoms with Crippen molar-refractivity contribution in [3.05, 3.63) is 35.5 Å². The van der Waals surface area contributed by atoms with Crippen LogP contribution in [0, 0.1) is 6.92 Å². The van der Waals surface area contributed by atoms with E-state index in [0.717, 1.165) is 35.0 Å². The summed E-state index contributed by atoms with van der Waals surface area (Å²) < 4.78 is 2.15. The van der Waals surface area contributed by atoms with Crippen molar-refractivity contribution in [3.63, 3.8) is 0 Å². The van der Waals surface area contributed by atoms with Crippen LogP contribution >= 0.6 is 0 Å². The van der Waals surface area contributed by atoms with Gasteiger partial charge in [-0.1, -0.05) is 25.0 Å². The molecule has 1 aromatic heterocycles. The Hall–Kier alpha value is -2.87. The molecule has 154 valence electrons. The number of nitrogens with zero attached hydrogens (tertiary/aromatic N) is 2. The third-order valence-electron chi connectivity index (χ3n) is 5.91. The predicted octanol–water partition coefficient (Wildman–Crippen LogP) is 1.96. The van der Waals surface area contributed by atoms with E-state index in [2.05, 4.69) is 32.9 Å². The summed E-state index contributed by atoms with van der Waals surface area (Å²) in [5.74, 6) is -0.658. The van der Waals surface area contributed by atoms with Gasteiger partial charge in [0.05, 0.1) is 29.4 Å². The quantitative estimate of drug-likeness (QED) is 0.717. The Balaban J connectivity index is 1.74. The minimum Gasteiger partial charge on any atom is -0.359 e. The van der Waals surface area contributed by atoms with Gasteiger partial charge in [0.1, 0.15) is 0 Å². The second-order valence-electron chi connectivity index (χ2n) is 7.78. The lowest BCUT2D eigenvalue weighted by molar-refractivity contribution is -0.148. The Bertz CT molecular complexity index is 990. The first-order chi connectivity index (χ1) is 14.0. The molecule has 0 saturated heterocycles. The van der Waals surface area contributed by atoms with Gasteiger partial charge >= 0.3 is 0 Å². The monoisotopic (exact) mass is 397 g/mol. The number of hydroxylamine groups is 1. The van der Waals surface area contributed by atoms with Gasteiger partial charge in [0.15, 0.2) is 0 Å². The minimum absolute atomic E-state index is 0.110. The van der Waals surface area contributed by atoms with Crippen molar-refractivity contribution in [2.75, 3.05) is 14.1 Å². The number of aromatic nitrogens is 2. The Morgan fingerprint density at radius 2 is 2.03 bits per heavy atom. The van der Waals surface area contributed by atoms with E-state index in [1.165, 1.54) is 26.9 Å². The summed E-state index contributed by atoms with van der Waals surface area (Å²) >= 11 is 0. The molecule has 1 fully saturated rings. The SMILES string of the molecule is CNC(=O)CC1(C(=O)NC)C=C(c2ccc3c(C)nn(C4CCCC4)c3c2)NO1. The first-order valence-corrected chi connectivity index (χ1v) is 10.1. The fourth-order valence-corrected chi connectivity index (χ4v) is 4.29. The predicted molar refractivity (Wildman–Crippen MR) is 110 cm³/mol. The molecule has 1 atom stereocenters. The fraction of sp³-hybridized carbons (Fsp3) is 0.476. The summed E-state index contributed by atoms with van der Waals surface area (Å²) in [5.41, 5.74) is 5.12. The molecule has 0 bridgehead atoms. The van der Waals surface area contributed by atoms with E-state index in [0.29, 0.717) is 11.7 Å². The summed E-state index contributed by atoms with van der Waals surface area (Å²) in [6.07, 6.45) is 6.35. The van der Waals surface area contributed by atoms with Crippen LogP contribution in [-0.4, -0.2) is 41.3 Å². The molecule has 1 saturated carbocycles. The number of nitrogens with one attached hydrogen (secondary N) is 3. The summed E-state index contributed by atoms with van der Waals surface area (Å²) in [6.45, 7) is 2.03. The molecule has 1 aromatic carbocycles. The van der Waals surface area contributed by atoms with Crippen molar-refractivity contribution in [2.24, 2.45) is 0 Å². The highest BCUT2D eigenvalue weighted by atomic mass is 16.7. The standard InChI is InChI=1S/C21H27N5O3/c1-13-16-9-8-14(10-18(16)26(24-13)15-6-4-5-7-15)17-11-21(29-25-17,20(28)23-3)12-19(27)22-2/h8-11,15,25H,4-7,12H2,1-3H3,(H,22,27)(H,23,28). The second kappa shape index (κ2) is 7.51. The van der Waals surface area contributed by atoms with E-state index in [9.17, 15) is 9.59 Å². The van der Waals surface area contributed by atoms with Gasteiger partial charge in [-0.25, -0.2) is 0 Å². The Labute approximate surface area is 169 Å². The Morgan fingerprint density at radius 1 is 1.28 bits per heavy atom. The average molecular weight is 397 g/mol. The maximum atomic E-state index is 12.5. The number of likely N-dealkylation sites (N-methyl/N-ethyl adjacent to an activating group) is 1. The van der Waals surface area contributed by atoms with Gasteiger partial charge in [-0.15, -0.1) is 0 Å². The van der Waals surface area contributed by atoms with Crippen LogP contribution in [0.15, 0.2) is 24.3 Å². The van der Waals surface area contributed by atoms with Crippen LogP contribution in [0.1, 0.15) is 49.4 Å². The number of aryl methyl sites for hydroxylation is 1. The first kappa shape index (κ1) is 19.4. The molecule has 8 nitrogen and oxygen atoms in total. The van der Waals surface area contributed by atoms with Crippen LogP contribution in [0.25, 0.3) is 16.6 Å². The molecular formula is C21H27N5O3. The first-order valence-electron chi connectivity index (χ1n) is 10.1. The van der Waals surface area contributed by atoms with Crippen LogP contribution in [-0.2, 0) is 14.4 Å². The number of carbonyl (C=O) groups excluding carboxylic acids is 2. The minimum atomic E-state index is -1.39. The molecule has 2 amide bonds. The lowest BCUT2D eigenvalue weighted by atomic mass is 9.95. The van der Waals surface area contributed by atoms with Gasteiger partial charge in [0.25, 0.3) is 5.91 Å². The molecule has 3 N–H and O–H groups in total. The smallest absolute Gasteiger partial charge is 0.259 e. The molecule has 1 aliphatic heterocycles. The van der Waals surface area contributed by atoms with Crippen LogP contribution in [0.5, 0.6) is 0 Å². The maximum Gasteiger partial charge on any atom is 0.259 e. The van der Waals surface area contributed by atoms with E-state index < -0.39 is 5.60 Å². The Morgan fingerprint density at radius 3 is 2.72 bits per heavy atom. The molecule has 1 unspecified atom stereocenters. The summed E-state index contributed by atoms with van der Waals surface area (Å²) in [4.78, 5) is 30.1. The van der Waals surface area contributed by atoms with Gasteiger partial charge in [0.2, 0.25) is 11.5 Å². The number of benzene rings is 1. The molecule has 0 spiro atoms. The van der Waals surface area contributed by atoms with Gasteiger partial charge in [-0.2, -0.15) is 5.10 Å². The van der Waals surface area contributed by atoms with Crippen LogP contribution < -0.4 is 16.1 Å². The third kappa shape index (κ3) is 3.37. The molecule has 2 aromatic rings. The van der Waals surface area contributed by atoms with Gasteiger partial charge in [-0.05, 0) is 31.9 Å². The molecule has 29 heavy (non-hydrogen) atoms. The van der Waals surface area contributed by atoms with Gasteiger partial charge < -0.3 is 10.6 Å². The summed E-state index contributed by atoms with van der Waals surface area (Å²) in [5, 5.41) is 11.1. The molecule has 2 heterocycles. The highest BCUT2D eigenvalue weighted by Gasteiger charge is 2.44. The topological polar surface area (TPSA) is 97.3 Å². The normalized spacial score (nSPS) is 21.8. The Kier molecular flexibility index (Phi) is 5.04. The third-order valence-corrected chi connectivity index (χ3v) is 5.91. The van der Waals surface area contributed by atoms with Gasteiger partial charge in [0, 0.05) is 25.0 Å². The number of amides is 2. The average Bonchev–Trinajstić information content (AvgIpc) is 3.47.